The molecule has 0 unspecified atom stereocenters. The van der Waals surface area contributed by atoms with Crippen LogP contribution in [0.1, 0.15) is 37.1 Å². The molecule has 2 heterocycles. The minimum absolute atomic E-state index is 0.163. The Kier molecular flexibility index (Phi) is 4.78. The number of nitrogens with two attached hydrogens (primary N) is 1. The third-order valence-electron chi connectivity index (χ3n) is 6.08. The summed E-state index contributed by atoms with van der Waals surface area (Å²) >= 11 is 0. The van der Waals surface area contributed by atoms with E-state index in [-0.39, 0.29) is 5.92 Å². The number of methoxy groups -OCH3 is 1. The second kappa shape index (κ2) is 7.53. The van der Waals surface area contributed by atoms with Gasteiger partial charge < -0.3 is 20.3 Å². The number of aromatic nitrogens is 3. The molecule has 1 aliphatic rings. The number of para-hydroxylation sites is 1. The maximum Gasteiger partial charge on any atom is 0.169 e. The first-order valence-electron chi connectivity index (χ1n) is 10.6. The smallest absolute Gasteiger partial charge is 0.169 e. The van der Waals surface area contributed by atoms with Gasteiger partial charge >= 0.3 is 0 Å². The van der Waals surface area contributed by atoms with E-state index >= 15 is 0 Å². The molecule has 0 amide bonds. The predicted molar refractivity (Wildman–Crippen MR) is 123 cm³/mol. The normalized spacial score (nSPS) is 20.2. The quantitative estimate of drug-likeness (QED) is 0.476. The van der Waals surface area contributed by atoms with Crippen molar-refractivity contribution in [3.63, 3.8) is 0 Å². The van der Waals surface area contributed by atoms with Crippen molar-refractivity contribution in [3.8, 4) is 28.5 Å². The summed E-state index contributed by atoms with van der Waals surface area (Å²) in [6, 6.07) is 13.5. The highest BCUT2D eigenvalue weighted by Crippen LogP contribution is 2.46. The summed E-state index contributed by atoms with van der Waals surface area (Å²) in [7, 11) is 1.62. The molecule has 5 rings (SSSR count). The molecule has 3 N–H and O–H groups in total. The lowest BCUT2D eigenvalue weighted by Crippen LogP contribution is -2.40. The Hall–Kier alpha value is -3.58. The van der Waals surface area contributed by atoms with E-state index < -0.39 is 5.60 Å². The van der Waals surface area contributed by atoms with Crippen LogP contribution in [-0.2, 0) is 0 Å². The first kappa shape index (κ1) is 20.3. The van der Waals surface area contributed by atoms with Gasteiger partial charge in [0.05, 0.1) is 12.7 Å². The number of nitrogen functional groups attached to an aromatic ring is 1. The van der Waals surface area contributed by atoms with Crippen LogP contribution in [0.2, 0.25) is 0 Å². The highest BCUT2D eigenvalue weighted by Gasteiger charge is 2.41. The molecule has 0 saturated heterocycles. The van der Waals surface area contributed by atoms with Crippen molar-refractivity contribution in [2.75, 3.05) is 12.8 Å². The summed E-state index contributed by atoms with van der Waals surface area (Å²) < 4.78 is 13.7. The number of nitrogens with zero attached hydrogens (tertiary/aromatic N) is 3. The number of imidazole rings is 1. The van der Waals surface area contributed by atoms with Crippen LogP contribution in [0.3, 0.4) is 0 Å². The van der Waals surface area contributed by atoms with Crippen molar-refractivity contribution >= 4 is 11.3 Å². The van der Waals surface area contributed by atoms with Gasteiger partial charge in [0, 0.05) is 23.9 Å². The summed E-state index contributed by atoms with van der Waals surface area (Å²) in [6.45, 7) is 3.87. The van der Waals surface area contributed by atoms with Crippen molar-refractivity contribution in [2.45, 2.75) is 38.2 Å². The zero-order valence-electron chi connectivity index (χ0n) is 18.4. The Labute approximate surface area is 186 Å². The molecule has 1 aliphatic carbocycles. The monoisotopic (exact) mass is 430 g/mol. The Morgan fingerprint density at radius 3 is 2.59 bits per heavy atom. The second-order valence-corrected chi connectivity index (χ2v) is 8.68. The summed E-state index contributed by atoms with van der Waals surface area (Å²) in [5.41, 5.74) is 9.04. The highest BCUT2D eigenvalue weighted by atomic mass is 16.5. The van der Waals surface area contributed by atoms with Gasteiger partial charge in [0.1, 0.15) is 28.6 Å². The van der Waals surface area contributed by atoms with Crippen LogP contribution in [0, 0.1) is 6.92 Å². The number of rotatable bonds is 5. The number of aryl methyl sites for hydroxylation is 1. The molecule has 4 aromatic rings. The molecule has 164 valence electrons. The molecule has 2 aromatic carbocycles. The number of benzene rings is 2. The van der Waals surface area contributed by atoms with Gasteiger partial charge in [-0.1, -0.05) is 18.2 Å². The van der Waals surface area contributed by atoms with Gasteiger partial charge in [-0.25, -0.2) is 9.97 Å². The van der Waals surface area contributed by atoms with Crippen molar-refractivity contribution in [2.24, 2.45) is 0 Å². The van der Waals surface area contributed by atoms with Crippen LogP contribution in [-0.4, -0.2) is 32.2 Å². The molecule has 1 fully saturated rings. The minimum Gasteiger partial charge on any atom is -0.493 e. The predicted octanol–water partition coefficient (Wildman–Crippen LogP) is 4.72. The van der Waals surface area contributed by atoms with Crippen LogP contribution in [0.5, 0.6) is 17.2 Å². The maximum absolute atomic E-state index is 10.3. The first-order valence-corrected chi connectivity index (χ1v) is 10.6. The van der Waals surface area contributed by atoms with Crippen molar-refractivity contribution in [1.29, 1.82) is 0 Å². The number of fused-ring (bicyclic) bond motifs is 1. The summed E-state index contributed by atoms with van der Waals surface area (Å²) in [5.74, 6) is 3.43. The largest absolute Gasteiger partial charge is 0.493 e. The fourth-order valence-electron chi connectivity index (χ4n) is 4.52. The van der Waals surface area contributed by atoms with Crippen LogP contribution in [0.4, 0.5) is 5.82 Å². The Morgan fingerprint density at radius 2 is 1.91 bits per heavy atom. The van der Waals surface area contributed by atoms with Crippen LogP contribution in [0.25, 0.3) is 16.8 Å². The van der Waals surface area contributed by atoms with Crippen molar-refractivity contribution in [1.82, 2.24) is 14.4 Å². The van der Waals surface area contributed by atoms with Gasteiger partial charge in [-0.15, -0.1) is 0 Å². The van der Waals surface area contributed by atoms with E-state index in [1.807, 2.05) is 66.9 Å². The number of hydrogen-bond donors (Lipinski definition) is 2. The van der Waals surface area contributed by atoms with E-state index in [4.69, 9.17) is 20.2 Å². The van der Waals surface area contributed by atoms with Gasteiger partial charge in [0.2, 0.25) is 0 Å². The molecule has 1 saturated carbocycles. The second-order valence-electron chi connectivity index (χ2n) is 8.68. The molecule has 32 heavy (non-hydrogen) atoms. The molecule has 0 bridgehead atoms. The van der Waals surface area contributed by atoms with E-state index in [9.17, 15) is 5.11 Å². The van der Waals surface area contributed by atoms with E-state index in [1.165, 1.54) is 0 Å². The standard InChI is InChI=1S/C25H26N4O3/c1-15-11-20(32-17-7-5-4-6-8-17)19(31-3)12-18(15)21-22-23(26)27-9-10-29(22)24(28-21)16-13-25(2,30)14-16/h4-12,16,30H,13-14H2,1-3H3,(H2,26,27). The number of anilines is 1. The molecular formula is C25H26N4O3. The fraction of sp³-hybridized carbons (Fsp3) is 0.280. The SMILES string of the molecule is COc1cc(-c2nc(C3CC(C)(O)C3)n3ccnc(N)c23)c(C)cc1Oc1ccccc1. The average molecular weight is 431 g/mol. The fourth-order valence-corrected chi connectivity index (χ4v) is 4.52. The topological polar surface area (TPSA) is 94.9 Å². The lowest BCUT2D eigenvalue weighted by Gasteiger charge is -2.40. The van der Waals surface area contributed by atoms with Crippen LogP contribution >= 0.6 is 0 Å². The van der Waals surface area contributed by atoms with Gasteiger partial charge in [0.25, 0.3) is 0 Å². The minimum atomic E-state index is -0.648. The molecular weight excluding hydrogens is 404 g/mol. The zero-order chi connectivity index (χ0) is 22.5. The molecule has 0 spiro atoms. The number of aliphatic hydroxyl groups is 1. The third kappa shape index (κ3) is 3.44. The van der Waals surface area contributed by atoms with Gasteiger partial charge in [-0.3, -0.25) is 4.40 Å². The molecule has 0 aliphatic heterocycles. The van der Waals surface area contributed by atoms with E-state index in [0.717, 1.165) is 33.9 Å². The number of ether oxygens (including phenoxy) is 2. The third-order valence-corrected chi connectivity index (χ3v) is 6.08. The molecule has 7 heteroatoms. The summed E-state index contributed by atoms with van der Waals surface area (Å²) in [5, 5.41) is 10.3. The van der Waals surface area contributed by atoms with Gasteiger partial charge in [-0.05, 0) is 56.5 Å². The maximum atomic E-state index is 10.3. The highest BCUT2D eigenvalue weighted by molar-refractivity contribution is 5.87. The molecule has 2 aromatic heterocycles. The Bertz CT molecular complexity index is 1290. The summed E-state index contributed by atoms with van der Waals surface area (Å²) in [6.07, 6.45) is 4.89. The van der Waals surface area contributed by atoms with Crippen LogP contribution in [0.15, 0.2) is 54.9 Å². The van der Waals surface area contributed by atoms with E-state index in [1.54, 1.807) is 13.3 Å². The van der Waals surface area contributed by atoms with E-state index in [2.05, 4.69) is 4.98 Å². The first-order chi connectivity index (χ1) is 15.4. The Balaban J connectivity index is 1.62. The van der Waals surface area contributed by atoms with Crippen LogP contribution < -0.4 is 15.2 Å². The summed E-state index contributed by atoms with van der Waals surface area (Å²) in [4.78, 5) is 9.29. The molecule has 0 atom stereocenters. The molecule has 7 nitrogen and oxygen atoms in total. The molecule has 0 radical (unpaired) electrons. The lowest BCUT2D eigenvalue weighted by atomic mass is 9.72. The average Bonchev–Trinajstić information content (AvgIpc) is 3.13. The zero-order valence-corrected chi connectivity index (χ0v) is 18.4. The number of hydrogen-bond acceptors (Lipinski definition) is 6. The van der Waals surface area contributed by atoms with Gasteiger partial charge in [-0.2, -0.15) is 0 Å². The lowest BCUT2D eigenvalue weighted by molar-refractivity contribution is -0.0335. The van der Waals surface area contributed by atoms with Crippen molar-refractivity contribution in [3.05, 3.63) is 66.2 Å². The van der Waals surface area contributed by atoms with Crippen molar-refractivity contribution < 1.29 is 14.6 Å². The Morgan fingerprint density at radius 1 is 1.16 bits per heavy atom. The van der Waals surface area contributed by atoms with E-state index in [0.29, 0.717) is 30.2 Å². The van der Waals surface area contributed by atoms with Gasteiger partial charge in [0.15, 0.2) is 11.5 Å².